The second-order valence-electron chi connectivity index (χ2n) is 5.27. The van der Waals surface area contributed by atoms with Crippen molar-refractivity contribution >= 4 is 22.8 Å². The van der Waals surface area contributed by atoms with Gasteiger partial charge in [0.05, 0.1) is 22.6 Å². The lowest BCUT2D eigenvalue weighted by Gasteiger charge is -2.19. The molecule has 0 amide bonds. The molecule has 1 aromatic heterocycles. The molecule has 104 valence electrons. The van der Waals surface area contributed by atoms with Gasteiger partial charge in [0.2, 0.25) is 0 Å². The van der Waals surface area contributed by atoms with E-state index in [4.69, 9.17) is 0 Å². The molecule has 2 unspecified atom stereocenters. The highest BCUT2D eigenvalue weighted by atomic mass is 16.4. The Labute approximate surface area is 117 Å². The van der Waals surface area contributed by atoms with Crippen LogP contribution in [0.5, 0.6) is 0 Å². The molecule has 0 aliphatic heterocycles. The van der Waals surface area contributed by atoms with Gasteiger partial charge in [-0.25, -0.2) is 9.97 Å². The average Bonchev–Trinajstić information content (AvgIpc) is 2.88. The van der Waals surface area contributed by atoms with Crippen molar-refractivity contribution in [1.29, 1.82) is 0 Å². The first-order valence-electron chi connectivity index (χ1n) is 6.88. The van der Waals surface area contributed by atoms with Crippen molar-refractivity contribution in [3.8, 4) is 0 Å². The quantitative estimate of drug-likeness (QED) is 0.897. The van der Waals surface area contributed by atoms with Gasteiger partial charge < -0.3 is 10.4 Å². The highest BCUT2D eigenvalue weighted by Gasteiger charge is 2.33. The largest absolute Gasteiger partial charge is 0.481 e. The van der Waals surface area contributed by atoms with Gasteiger partial charge in [0, 0.05) is 6.04 Å². The lowest BCUT2D eigenvalue weighted by Crippen LogP contribution is -2.30. The molecule has 2 aromatic rings. The minimum absolute atomic E-state index is 0.0540. The number of aliphatic carboxylic acids is 1. The van der Waals surface area contributed by atoms with Gasteiger partial charge in [-0.2, -0.15) is 0 Å². The number of nitrogens with zero attached hydrogens (tertiary/aromatic N) is 2. The summed E-state index contributed by atoms with van der Waals surface area (Å²) >= 11 is 0. The number of carbonyl (C=O) groups is 1. The van der Waals surface area contributed by atoms with Gasteiger partial charge in [-0.3, -0.25) is 4.79 Å². The van der Waals surface area contributed by atoms with Gasteiger partial charge >= 0.3 is 5.97 Å². The highest BCUT2D eigenvalue weighted by molar-refractivity contribution is 5.76. The molecule has 0 spiro atoms. The standard InChI is InChI=1S/C15H17N3O2/c1-9-14(17-11-8-4-5-10(11)15(19)20)18-13-7-3-2-6-12(13)16-9/h2-3,6-7,10-11H,4-5,8H2,1H3,(H,17,18)(H,19,20). The molecule has 1 heterocycles. The smallest absolute Gasteiger partial charge is 0.308 e. The third-order valence-corrected chi connectivity index (χ3v) is 3.90. The zero-order valence-corrected chi connectivity index (χ0v) is 11.3. The SMILES string of the molecule is Cc1nc2ccccc2nc1NC1CCCC1C(=O)O. The number of nitrogens with one attached hydrogen (secondary N) is 1. The lowest BCUT2D eigenvalue weighted by atomic mass is 10.0. The zero-order valence-electron chi connectivity index (χ0n) is 11.3. The van der Waals surface area contributed by atoms with E-state index >= 15 is 0 Å². The van der Waals surface area contributed by atoms with E-state index in [0.717, 1.165) is 36.0 Å². The second-order valence-corrected chi connectivity index (χ2v) is 5.27. The molecule has 2 N–H and O–H groups in total. The Morgan fingerprint density at radius 3 is 2.65 bits per heavy atom. The number of hydrogen-bond donors (Lipinski definition) is 2. The summed E-state index contributed by atoms with van der Waals surface area (Å²) in [5.74, 6) is -0.365. The van der Waals surface area contributed by atoms with Crippen LogP contribution in [0.25, 0.3) is 11.0 Å². The maximum atomic E-state index is 11.2. The first kappa shape index (κ1) is 12.8. The maximum absolute atomic E-state index is 11.2. The van der Waals surface area contributed by atoms with Gasteiger partial charge in [-0.05, 0) is 31.9 Å². The molecule has 3 rings (SSSR count). The Morgan fingerprint density at radius 1 is 1.25 bits per heavy atom. The van der Waals surface area contributed by atoms with Crippen LogP contribution in [0.1, 0.15) is 25.0 Å². The summed E-state index contributed by atoms with van der Waals surface area (Å²) in [6.45, 7) is 1.90. The summed E-state index contributed by atoms with van der Waals surface area (Å²) in [5, 5.41) is 12.5. The van der Waals surface area contributed by atoms with E-state index in [0.29, 0.717) is 5.82 Å². The van der Waals surface area contributed by atoms with Gasteiger partial charge in [0.25, 0.3) is 0 Å². The van der Waals surface area contributed by atoms with Crippen LogP contribution in [0.4, 0.5) is 5.82 Å². The minimum atomic E-state index is -0.730. The normalized spacial score (nSPS) is 22.1. The second kappa shape index (κ2) is 5.07. The van der Waals surface area contributed by atoms with Crippen molar-refractivity contribution in [3.63, 3.8) is 0 Å². The van der Waals surface area contributed by atoms with E-state index < -0.39 is 5.97 Å². The number of fused-ring (bicyclic) bond motifs is 1. The van der Waals surface area contributed by atoms with E-state index in [1.165, 1.54) is 0 Å². The van der Waals surface area contributed by atoms with Crippen LogP contribution < -0.4 is 5.32 Å². The number of rotatable bonds is 3. The summed E-state index contributed by atoms with van der Waals surface area (Å²) in [6, 6.07) is 7.64. The average molecular weight is 271 g/mol. The van der Waals surface area contributed by atoms with Crippen molar-refractivity contribution in [2.75, 3.05) is 5.32 Å². The van der Waals surface area contributed by atoms with Crippen LogP contribution in [-0.4, -0.2) is 27.1 Å². The number of anilines is 1. The number of aromatic nitrogens is 2. The monoisotopic (exact) mass is 271 g/mol. The number of carboxylic acid groups (broad SMARTS) is 1. The summed E-state index contributed by atoms with van der Waals surface area (Å²) in [5.41, 5.74) is 2.49. The zero-order chi connectivity index (χ0) is 14.1. The van der Waals surface area contributed by atoms with Crippen LogP contribution in [0.15, 0.2) is 24.3 Å². The molecular weight excluding hydrogens is 254 g/mol. The van der Waals surface area contributed by atoms with E-state index in [-0.39, 0.29) is 12.0 Å². The number of hydrogen-bond acceptors (Lipinski definition) is 4. The predicted octanol–water partition coefficient (Wildman–Crippen LogP) is 2.60. The fraction of sp³-hybridized carbons (Fsp3) is 0.400. The Kier molecular flexibility index (Phi) is 3.26. The summed E-state index contributed by atoms with van der Waals surface area (Å²) in [4.78, 5) is 20.3. The third-order valence-electron chi connectivity index (χ3n) is 3.90. The lowest BCUT2D eigenvalue weighted by molar-refractivity contribution is -0.141. The number of aryl methyl sites for hydroxylation is 1. The molecule has 1 fully saturated rings. The minimum Gasteiger partial charge on any atom is -0.481 e. The van der Waals surface area contributed by atoms with Gasteiger partial charge in [0.15, 0.2) is 0 Å². The fourth-order valence-electron chi connectivity index (χ4n) is 2.83. The van der Waals surface area contributed by atoms with Crippen LogP contribution in [0.2, 0.25) is 0 Å². The maximum Gasteiger partial charge on any atom is 0.308 e. The number of para-hydroxylation sites is 2. The molecule has 2 atom stereocenters. The number of carboxylic acids is 1. The molecular formula is C15H17N3O2. The van der Waals surface area contributed by atoms with Crippen LogP contribution in [-0.2, 0) is 4.79 Å². The summed E-state index contributed by atoms with van der Waals surface area (Å²) in [6.07, 6.45) is 2.53. The van der Waals surface area contributed by atoms with Crippen molar-refractivity contribution in [2.45, 2.75) is 32.2 Å². The first-order chi connectivity index (χ1) is 9.65. The Hall–Kier alpha value is -2.17. The molecule has 5 heteroatoms. The first-order valence-corrected chi connectivity index (χ1v) is 6.88. The van der Waals surface area contributed by atoms with E-state index in [9.17, 15) is 9.90 Å². The molecule has 1 saturated carbocycles. The number of benzene rings is 1. The molecule has 20 heavy (non-hydrogen) atoms. The van der Waals surface area contributed by atoms with E-state index in [2.05, 4.69) is 15.3 Å². The molecule has 0 bridgehead atoms. The summed E-state index contributed by atoms with van der Waals surface area (Å²) < 4.78 is 0. The highest BCUT2D eigenvalue weighted by Crippen LogP contribution is 2.29. The van der Waals surface area contributed by atoms with E-state index in [1.807, 2.05) is 31.2 Å². The van der Waals surface area contributed by atoms with Crippen molar-refractivity contribution < 1.29 is 9.90 Å². The molecule has 5 nitrogen and oxygen atoms in total. The van der Waals surface area contributed by atoms with Crippen LogP contribution in [0, 0.1) is 12.8 Å². The Bertz CT molecular complexity index is 657. The predicted molar refractivity (Wildman–Crippen MR) is 76.7 cm³/mol. The molecule has 1 aliphatic rings. The third kappa shape index (κ3) is 2.31. The van der Waals surface area contributed by atoms with E-state index in [1.54, 1.807) is 0 Å². The Balaban J connectivity index is 1.90. The molecule has 0 radical (unpaired) electrons. The molecule has 1 aliphatic carbocycles. The van der Waals surface area contributed by atoms with Gasteiger partial charge in [-0.15, -0.1) is 0 Å². The fourth-order valence-corrected chi connectivity index (χ4v) is 2.83. The summed E-state index contributed by atoms with van der Waals surface area (Å²) in [7, 11) is 0. The molecule has 0 saturated heterocycles. The van der Waals surface area contributed by atoms with Gasteiger partial charge in [0.1, 0.15) is 5.82 Å². The van der Waals surface area contributed by atoms with Crippen molar-refractivity contribution in [2.24, 2.45) is 5.92 Å². The van der Waals surface area contributed by atoms with Gasteiger partial charge in [-0.1, -0.05) is 18.6 Å². The molecule has 1 aromatic carbocycles. The van der Waals surface area contributed by atoms with Crippen LogP contribution >= 0.6 is 0 Å². The van der Waals surface area contributed by atoms with Crippen molar-refractivity contribution in [1.82, 2.24) is 9.97 Å². The topological polar surface area (TPSA) is 75.1 Å². The van der Waals surface area contributed by atoms with Crippen LogP contribution in [0.3, 0.4) is 0 Å². The Morgan fingerprint density at radius 2 is 1.95 bits per heavy atom. The van der Waals surface area contributed by atoms with Crippen molar-refractivity contribution in [3.05, 3.63) is 30.0 Å².